The van der Waals surface area contributed by atoms with Gasteiger partial charge in [0.15, 0.2) is 0 Å². The molecule has 0 heterocycles. The summed E-state index contributed by atoms with van der Waals surface area (Å²) in [6.45, 7) is 2.57. The number of hydrogen-bond acceptors (Lipinski definition) is 3. The van der Waals surface area contributed by atoms with Gasteiger partial charge in [-0.05, 0) is 37.5 Å². The van der Waals surface area contributed by atoms with E-state index >= 15 is 0 Å². The van der Waals surface area contributed by atoms with Gasteiger partial charge in [0, 0.05) is 24.9 Å². The van der Waals surface area contributed by atoms with Gasteiger partial charge >= 0.3 is 12.1 Å². The Balaban J connectivity index is 2.54. The van der Waals surface area contributed by atoms with Gasteiger partial charge in [-0.1, -0.05) is 12.1 Å². The summed E-state index contributed by atoms with van der Waals surface area (Å²) in [5.74, 6) is -1.98. The first-order valence-electron chi connectivity index (χ1n) is 6.64. The van der Waals surface area contributed by atoms with Crippen LogP contribution in [0, 0.1) is 0 Å². The molecule has 0 aliphatic carbocycles. The van der Waals surface area contributed by atoms with Gasteiger partial charge < -0.3 is 15.7 Å². The molecule has 0 spiro atoms. The number of hydrogen-bond donors (Lipinski definition) is 3. The summed E-state index contributed by atoms with van der Waals surface area (Å²) < 4.78 is 36.5. The minimum Gasteiger partial charge on any atom is -0.396 e. The highest BCUT2D eigenvalue weighted by atomic mass is 19.4. The highest BCUT2D eigenvalue weighted by molar-refractivity contribution is 5.94. The molecule has 0 saturated heterocycles. The number of amides is 1. The average Bonchev–Trinajstić information content (AvgIpc) is 2.42. The summed E-state index contributed by atoms with van der Waals surface area (Å²) >= 11 is 0. The average molecular weight is 304 g/mol. The zero-order chi connectivity index (χ0) is 15.9. The third-order valence-corrected chi connectivity index (χ3v) is 2.89. The van der Waals surface area contributed by atoms with Crippen LogP contribution in [0.5, 0.6) is 0 Å². The predicted molar refractivity (Wildman–Crippen MR) is 73.7 cm³/mol. The number of alkyl halides is 3. The van der Waals surface area contributed by atoms with Crippen molar-refractivity contribution in [1.29, 1.82) is 0 Å². The van der Waals surface area contributed by atoms with Crippen LogP contribution in [0.15, 0.2) is 24.3 Å². The van der Waals surface area contributed by atoms with Gasteiger partial charge in [-0.15, -0.1) is 0 Å². The Hall–Kier alpha value is -1.60. The second-order valence-electron chi connectivity index (χ2n) is 4.80. The number of halogens is 3. The zero-order valence-electron chi connectivity index (χ0n) is 11.7. The van der Waals surface area contributed by atoms with E-state index in [1.54, 1.807) is 12.1 Å². The maximum absolute atomic E-state index is 12.2. The van der Waals surface area contributed by atoms with Crippen molar-refractivity contribution < 1.29 is 23.1 Å². The molecule has 1 aromatic carbocycles. The molecule has 7 heteroatoms. The summed E-state index contributed by atoms with van der Waals surface area (Å²) in [5.41, 5.74) is 0.880. The zero-order valence-corrected chi connectivity index (χ0v) is 11.7. The molecule has 1 aromatic rings. The van der Waals surface area contributed by atoms with Gasteiger partial charge in [0.25, 0.3) is 0 Å². The van der Waals surface area contributed by atoms with Gasteiger partial charge in [-0.2, -0.15) is 13.2 Å². The third kappa shape index (κ3) is 6.59. The molecule has 0 aliphatic heterocycles. The number of aliphatic hydroxyl groups excluding tert-OH is 1. The molecule has 0 aromatic heterocycles. The largest absolute Gasteiger partial charge is 0.471 e. The maximum atomic E-state index is 12.2. The number of nitrogens with one attached hydrogen (secondary N) is 2. The van der Waals surface area contributed by atoms with Crippen LogP contribution in [-0.2, 0) is 11.3 Å². The molecule has 0 fully saturated rings. The molecule has 1 atom stereocenters. The van der Waals surface area contributed by atoms with Gasteiger partial charge in [0.05, 0.1) is 0 Å². The van der Waals surface area contributed by atoms with Gasteiger partial charge in [-0.25, -0.2) is 0 Å². The normalized spacial score (nSPS) is 13.0. The lowest BCUT2D eigenvalue weighted by Crippen LogP contribution is -2.30. The van der Waals surface area contributed by atoms with E-state index in [2.05, 4.69) is 5.32 Å². The lowest BCUT2D eigenvalue weighted by molar-refractivity contribution is -0.167. The van der Waals surface area contributed by atoms with Crippen LogP contribution in [0.1, 0.15) is 25.3 Å². The van der Waals surface area contributed by atoms with E-state index in [1.165, 1.54) is 12.1 Å². The van der Waals surface area contributed by atoms with Crippen LogP contribution in [0.3, 0.4) is 0 Å². The summed E-state index contributed by atoms with van der Waals surface area (Å²) in [6.07, 6.45) is -3.40. The Morgan fingerprint density at radius 1 is 1.38 bits per heavy atom. The van der Waals surface area contributed by atoms with Crippen LogP contribution < -0.4 is 10.6 Å². The fourth-order valence-electron chi connectivity index (χ4n) is 1.75. The number of anilines is 1. The molecule has 0 saturated carbocycles. The molecule has 3 N–H and O–H groups in total. The van der Waals surface area contributed by atoms with E-state index in [9.17, 15) is 18.0 Å². The summed E-state index contributed by atoms with van der Waals surface area (Å²) in [7, 11) is 0. The van der Waals surface area contributed by atoms with Crippen LogP contribution in [0.4, 0.5) is 18.9 Å². The lowest BCUT2D eigenvalue weighted by Gasteiger charge is -2.14. The molecule has 0 bridgehead atoms. The van der Waals surface area contributed by atoms with Crippen molar-refractivity contribution in [3.05, 3.63) is 29.8 Å². The second kappa shape index (κ2) is 7.99. The SMILES string of the molecule is CC(CCCO)NCc1cccc(NC(=O)C(F)(F)F)c1. The van der Waals surface area contributed by atoms with E-state index in [1.807, 2.05) is 12.2 Å². The standard InChI is InChI=1S/C14H19F3N2O2/c1-10(4-3-7-20)18-9-11-5-2-6-12(8-11)19-13(21)14(15,16)17/h2,5-6,8,10,18,20H,3-4,7,9H2,1H3,(H,19,21). The molecule has 1 amide bonds. The van der Waals surface area contributed by atoms with Crippen molar-refractivity contribution in [1.82, 2.24) is 5.32 Å². The Morgan fingerprint density at radius 3 is 2.71 bits per heavy atom. The van der Waals surface area contributed by atoms with Crippen LogP contribution in [0.25, 0.3) is 0 Å². The summed E-state index contributed by atoms with van der Waals surface area (Å²) in [5, 5.41) is 13.7. The first-order valence-corrected chi connectivity index (χ1v) is 6.64. The maximum Gasteiger partial charge on any atom is 0.471 e. The fourth-order valence-corrected chi connectivity index (χ4v) is 1.75. The minimum atomic E-state index is -4.90. The molecule has 21 heavy (non-hydrogen) atoms. The van der Waals surface area contributed by atoms with Crippen LogP contribution >= 0.6 is 0 Å². The summed E-state index contributed by atoms with van der Waals surface area (Å²) in [6, 6.07) is 6.43. The summed E-state index contributed by atoms with van der Waals surface area (Å²) in [4.78, 5) is 10.9. The van der Waals surface area contributed by atoms with Crippen molar-refractivity contribution in [3.63, 3.8) is 0 Å². The Morgan fingerprint density at radius 2 is 2.10 bits per heavy atom. The van der Waals surface area contributed by atoms with Crippen molar-refractivity contribution in [2.24, 2.45) is 0 Å². The Kier molecular flexibility index (Phi) is 6.64. The van der Waals surface area contributed by atoms with E-state index < -0.39 is 12.1 Å². The predicted octanol–water partition coefficient (Wildman–Crippen LogP) is 2.44. The third-order valence-electron chi connectivity index (χ3n) is 2.89. The molecule has 1 unspecified atom stereocenters. The van der Waals surface area contributed by atoms with Crippen molar-refractivity contribution in [2.75, 3.05) is 11.9 Å². The van der Waals surface area contributed by atoms with Crippen molar-refractivity contribution in [2.45, 2.75) is 38.5 Å². The molecule has 1 rings (SSSR count). The molecular weight excluding hydrogens is 285 g/mol. The van der Waals surface area contributed by atoms with Crippen molar-refractivity contribution >= 4 is 11.6 Å². The monoisotopic (exact) mass is 304 g/mol. The van der Waals surface area contributed by atoms with E-state index in [0.29, 0.717) is 13.0 Å². The molecule has 118 valence electrons. The first kappa shape index (κ1) is 17.5. The van der Waals surface area contributed by atoms with E-state index in [4.69, 9.17) is 5.11 Å². The van der Waals surface area contributed by atoms with E-state index in [-0.39, 0.29) is 18.3 Å². The van der Waals surface area contributed by atoms with Crippen molar-refractivity contribution in [3.8, 4) is 0 Å². The number of benzene rings is 1. The van der Waals surface area contributed by atoms with Gasteiger partial charge in [-0.3, -0.25) is 4.79 Å². The molecule has 4 nitrogen and oxygen atoms in total. The van der Waals surface area contributed by atoms with Crippen LogP contribution in [-0.4, -0.2) is 29.8 Å². The molecule has 0 radical (unpaired) electrons. The van der Waals surface area contributed by atoms with E-state index in [0.717, 1.165) is 12.0 Å². The number of rotatable bonds is 7. The molecular formula is C14H19F3N2O2. The first-order chi connectivity index (χ1) is 9.82. The lowest BCUT2D eigenvalue weighted by atomic mass is 10.1. The highest BCUT2D eigenvalue weighted by Gasteiger charge is 2.38. The highest BCUT2D eigenvalue weighted by Crippen LogP contribution is 2.19. The number of carbonyl (C=O) groups is 1. The van der Waals surface area contributed by atoms with Gasteiger partial charge in [0.2, 0.25) is 0 Å². The number of aliphatic hydroxyl groups is 1. The van der Waals surface area contributed by atoms with Gasteiger partial charge in [0.1, 0.15) is 0 Å². The smallest absolute Gasteiger partial charge is 0.396 e. The number of carbonyl (C=O) groups excluding carboxylic acids is 1. The van der Waals surface area contributed by atoms with Crippen LogP contribution in [0.2, 0.25) is 0 Å². The Labute approximate surface area is 121 Å². The quantitative estimate of drug-likeness (QED) is 0.725. The topological polar surface area (TPSA) is 61.4 Å². The minimum absolute atomic E-state index is 0.111. The fraction of sp³-hybridized carbons (Fsp3) is 0.500. The Bertz CT molecular complexity index is 464. The molecule has 0 aliphatic rings. The second-order valence-corrected chi connectivity index (χ2v) is 4.80.